The van der Waals surface area contributed by atoms with Gasteiger partial charge in [-0.05, 0) is 25.5 Å². The van der Waals surface area contributed by atoms with Gasteiger partial charge in [-0.15, -0.1) is 0 Å². The number of aryl methyl sites for hydroxylation is 1. The third-order valence-corrected chi connectivity index (χ3v) is 2.77. The van der Waals surface area contributed by atoms with E-state index in [4.69, 9.17) is 9.84 Å². The van der Waals surface area contributed by atoms with Crippen LogP contribution in [-0.2, 0) is 4.79 Å². The zero-order valence-electron chi connectivity index (χ0n) is 10.8. The van der Waals surface area contributed by atoms with Crippen LogP contribution in [0, 0.1) is 6.92 Å². The van der Waals surface area contributed by atoms with E-state index in [-0.39, 0.29) is 0 Å². The van der Waals surface area contributed by atoms with Gasteiger partial charge in [0.05, 0.1) is 0 Å². The summed E-state index contributed by atoms with van der Waals surface area (Å²) in [5, 5.41) is 8.75. The van der Waals surface area contributed by atoms with Crippen LogP contribution < -0.4 is 4.74 Å². The van der Waals surface area contributed by atoms with E-state index in [2.05, 4.69) is 4.98 Å². The molecule has 4 nitrogen and oxygen atoms in total. The number of aromatic nitrogens is 1. The second kappa shape index (κ2) is 5.52. The number of nitrogens with zero attached hydrogens (tertiary/aromatic N) is 1. The van der Waals surface area contributed by atoms with Gasteiger partial charge in [-0.2, -0.15) is 0 Å². The first-order valence-electron chi connectivity index (χ1n) is 5.99. The lowest BCUT2D eigenvalue weighted by Gasteiger charge is -2.09. The summed E-state index contributed by atoms with van der Waals surface area (Å²) in [4.78, 5) is 14.8. The Morgan fingerprint density at radius 2 is 1.79 bits per heavy atom. The van der Waals surface area contributed by atoms with Gasteiger partial charge in [0.2, 0.25) is 5.88 Å². The number of pyridine rings is 1. The normalized spacial score (nSPS) is 11.9. The van der Waals surface area contributed by atoms with Crippen molar-refractivity contribution >= 4 is 5.97 Å². The fourth-order valence-corrected chi connectivity index (χ4v) is 1.60. The zero-order valence-corrected chi connectivity index (χ0v) is 10.8. The summed E-state index contributed by atoms with van der Waals surface area (Å²) in [5.41, 5.74) is 3.23. The molecule has 1 atom stereocenters. The molecule has 0 fully saturated rings. The summed E-state index contributed by atoms with van der Waals surface area (Å²) >= 11 is 0. The van der Waals surface area contributed by atoms with Crippen molar-refractivity contribution < 1.29 is 14.6 Å². The molecule has 0 bridgehead atoms. The molecule has 1 aromatic heterocycles. The van der Waals surface area contributed by atoms with Crippen molar-refractivity contribution in [1.82, 2.24) is 4.98 Å². The minimum absolute atomic E-state index is 0.311. The van der Waals surface area contributed by atoms with Gasteiger partial charge in [-0.1, -0.05) is 29.8 Å². The summed E-state index contributed by atoms with van der Waals surface area (Å²) in [7, 11) is 0. The number of benzene rings is 1. The Kier molecular flexibility index (Phi) is 3.80. The smallest absolute Gasteiger partial charge is 0.344 e. The Balaban J connectivity index is 2.14. The van der Waals surface area contributed by atoms with Gasteiger partial charge in [-0.3, -0.25) is 0 Å². The van der Waals surface area contributed by atoms with E-state index < -0.39 is 12.1 Å². The number of carbonyl (C=O) groups is 1. The Morgan fingerprint density at radius 1 is 1.16 bits per heavy atom. The molecule has 19 heavy (non-hydrogen) atoms. The van der Waals surface area contributed by atoms with E-state index >= 15 is 0 Å². The number of ether oxygens (including phenoxy) is 1. The number of rotatable bonds is 4. The van der Waals surface area contributed by atoms with Crippen LogP contribution in [0.1, 0.15) is 12.5 Å². The summed E-state index contributed by atoms with van der Waals surface area (Å²) < 4.78 is 5.18. The Hall–Kier alpha value is -2.36. The van der Waals surface area contributed by atoms with Gasteiger partial charge >= 0.3 is 5.97 Å². The predicted octanol–water partition coefficient (Wildman–Crippen LogP) is 2.91. The molecule has 0 aliphatic heterocycles. The van der Waals surface area contributed by atoms with Crippen molar-refractivity contribution in [3.05, 3.63) is 48.2 Å². The van der Waals surface area contributed by atoms with Gasteiger partial charge in [0.1, 0.15) is 0 Å². The van der Waals surface area contributed by atoms with Crippen molar-refractivity contribution in [2.45, 2.75) is 20.0 Å². The second-order valence-electron chi connectivity index (χ2n) is 4.35. The first kappa shape index (κ1) is 13.1. The van der Waals surface area contributed by atoms with Gasteiger partial charge in [0.25, 0.3) is 0 Å². The SMILES string of the molecule is Cc1ccc(-c2ccc(OC(C)C(=O)O)nc2)cc1. The van der Waals surface area contributed by atoms with Crippen LogP contribution in [0.2, 0.25) is 0 Å². The average molecular weight is 257 g/mol. The Labute approximate surface area is 111 Å². The lowest BCUT2D eigenvalue weighted by molar-refractivity contribution is -0.144. The highest BCUT2D eigenvalue weighted by Crippen LogP contribution is 2.21. The van der Waals surface area contributed by atoms with Crippen molar-refractivity contribution in [3.8, 4) is 17.0 Å². The van der Waals surface area contributed by atoms with E-state index in [1.807, 2.05) is 37.3 Å². The van der Waals surface area contributed by atoms with Gasteiger partial charge in [0.15, 0.2) is 6.10 Å². The maximum absolute atomic E-state index is 10.7. The van der Waals surface area contributed by atoms with Gasteiger partial charge in [0, 0.05) is 17.8 Å². The van der Waals surface area contributed by atoms with Crippen molar-refractivity contribution in [1.29, 1.82) is 0 Å². The molecule has 0 aliphatic carbocycles. The summed E-state index contributed by atoms with van der Waals surface area (Å²) in [6.45, 7) is 3.50. The molecule has 0 amide bonds. The van der Waals surface area contributed by atoms with Crippen molar-refractivity contribution in [2.75, 3.05) is 0 Å². The lowest BCUT2D eigenvalue weighted by atomic mass is 10.1. The fraction of sp³-hybridized carbons (Fsp3) is 0.200. The van der Waals surface area contributed by atoms with Crippen LogP contribution in [0.5, 0.6) is 5.88 Å². The second-order valence-corrected chi connectivity index (χ2v) is 4.35. The molecule has 0 spiro atoms. The minimum Gasteiger partial charge on any atom is -0.479 e. The predicted molar refractivity (Wildman–Crippen MR) is 72.1 cm³/mol. The topological polar surface area (TPSA) is 59.4 Å². The molecular weight excluding hydrogens is 242 g/mol. The molecule has 0 saturated heterocycles. The van der Waals surface area contributed by atoms with Crippen LogP contribution in [0.15, 0.2) is 42.6 Å². The first-order chi connectivity index (χ1) is 9.06. The fourth-order valence-electron chi connectivity index (χ4n) is 1.60. The maximum atomic E-state index is 10.7. The summed E-state index contributed by atoms with van der Waals surface area (Å²) in [6, 6.07) is 11.6. The highest BCUT2D eigenvalue weighted by Gasteiger charge is 2.12. The van der Waals surface area contributed by atoms with Crippen LogP contribution in [-0.4, -0.2) is 22.2 Å². The number of carboxylic acid groups (broad SMARTS) is 1. The molecule has 2 aromatic rings. The Morgan fingerprint density at radius 3 is 2.32 bits per heavy atom. The quantitative estimate of drug-likeness (QED) is 0.914. The molecule has 2 rings (SSSR count). The number of hydrogen-bond donors (Lipinski definition) is 1. The van der Waals surface area contributed by atoms with Gasteiger partial charge < -0.3 is 9.84 Å². The van der Waals surface area contributed by atoms with E-state index in [0.717, 1.165) is 11.1 Å². The van der Waals surface area contributed by atoms with E-state index in [0.29, 0.717) is 5.88 Å². The molecule has 0 saturated carbocycles. The van der Waals surface area contributed by atoms with Crippen LogP contribution in [0.3, 0.4) is 0 Å². The molecule has 1 aromatic carbocycles. The molecule has 0 aliphatic rings. The maximum Gasteiger partial charge on any atom is 0.344 e. The third-order valence-electron chi connectivity index (χ3n) is 2.77. The summed E-state index contributed by atoms with van der Waals surface area (Å²) in [6.07, 6.45) is 0.770. The lowest BCUT2D eigenvalue weighted by Crippen LogP contribution is -2.23. The van der Waals surface area contributed by atoms with E-state index in [1.54, 1.807) is 12.3 Å². The monoisotopic (exact) mass is 257 g/mol. The highest BCUT2D eigenvalue weighted by molar-refractivity contribution is 5.72. The van der Waals surface area contributed by atoms with E-state index in [1.165, 1.54) is 12.5 Å². The molecule has 0 radical (unpaired) electrons. The number of aliphatic carboxylic acids is 1. The zero-order chi connectivity index (χ0) is 13.8. The largest absolute Gasteiger partial charge is 0.479 e. The molecule has 1 N–H and O–H groups in total. The minimum atomic E-state index is -1.01. The van der Waals surface area contributed by atoms with Crippen LogP contribution in [0.4, 0.5) is 0 Å². The molecule has 1 unspecified atom stereocenters. The van der Waals surface area contributed by atoms with Crippen LogP contribution in [0.25, 0.3) is 11.1 Å². The third kappa shape index (κ3) is 3.31. The first-order valence-corrected chi connectivity index (χ1v) is 5.99. The molecule has 1 heterocycles. The van der Waals surface area contributed by atoms with Crippen molar-refractivity contribution in [2.24, 2.45) is 0 Å². The molecule has 98 valence electrons. The number of hydrogen-bond acceptors (Lipinski definition) is 3. The molecule has 4 heteroatoms. The van der Waals surface area contributed by atoms with Crippen molar-refractivity contribution in [3.63, 3.8) is 0 Å². The van der Waals surface area contributed by atoms with E-state index in [9.17, 15) is 4.79 Å². The Bertz CT molecular complexity index is 561. The van der Waals surface area contributed by atoms with Gasteiger partial charge in [-0.25, -0.2) is 9.78 Å². The average Bonchev–Trinajstić information content (AvgIpc) is 2.40. The standard InChI is InChI=1S/C15H15NO3/c1-10-3-5-12(6-4-10)13-7-8-14(16-9-13)19-11(2)15(17)18/h3-9,11H,1-2H3,(H,17,18). The molecular formula is C15H15NO3. The number of carboxylic acids is 1. The highest BCUT2D eigenvalue weighted by atomic mass is 16.5. The van der Waals surface area contributed by atoms with Crippen LogP contribution >= 0.6 is 0 Å². The summed E-state index contributed by atoms with van der Waals surface area (Å²) in [5.74, 6) is -0.699.